The number of aliphatic imine (C=N–C) groups is 1. The first kappa shape index (κ1) is 25.8. The number of rotatable bonds is 5. The fraction of sp³-hybridized carbons (Fsp3) is 0.278. The van der Waals surface area contributed by atoms with E-state index in [1.54, 1.807) is 0 Å². The van der Waals surface area contributed by atoms with E-state index in [2.05, 4.69) is 15.3 Å². The maximum Gasteiger partial charge on any atom is 0.277 e. The van der Waals surface area contributed by atoms with E-state index >= 15 is 0 Å². The molecule has 1 amide bonds. The summed E-state index contributed by atoms with van der Waals surface area (Å²) in [5, 5.41) is -0.213. The Morgan fingerprint density at radius 3 is 2.53 bits per heavy atom. The molecule has 0 fully saturated rings. The van der Waals surface area contributed by atoms with Crippen molar-refractivity contribution >= 4 is 62.7 Å². The first-order valence-corrected chi connectivity index (χ1v) is 11.3. The molecule has 0 unspecified atom stereocenters. The number of benzene rings is 1. The third-order valence-corrected chi connectivity index (χ3v) is 6.98. The highest BCUT2D eigenvalue weighted by molar-refractivity contribution is 7.89. The second-order valence-corrected chi connectivity index (χ2v) is 10.1. The molecule has 2 aromatic rings. The number of nitrogens with one attached hydrogen (secondary N) is 1. The van der Waals surface area contributed by atoms with E-state index in [0.29, 0.717) is 0 Å². The number of carbonyl (C=O) groups excluding carboxylic acids is 1. The van der Waals surface area contributed by atoms with E-state index in [1.807, 2.05) is 0 Å². The van der Waals surface area contributed by atoms with E-state index < -0.39 is 54.9 Å². The average molecular weight is 503 g/mol. The van der Waals surface area contributed by atoms with Gasteiger partial charge in [-0.05, 0) is 24.4 Å². The molecule has 16 heteroatoms. The lowest BCUT2D eigenvalue weighted by molar-refractivity contribution is 0.101. The van der Waals surface area contributed by atoms with E-state index in [1.165, 1.54) is 14.0 Å². The second-order valence-electron chi connectivity index (χ2n) is 7.70. The SMILES string of the molecule is [B]C([B])([B])Oc1cnc(C(=O)Nc2cc(Cl)c(F)c([C@]3(C)CS(=O)(=O)N(C)C(N)=N3)c2)c(F)c1. The Morgan fingerprint density at radius 1 is 1.32 bits per heavy atom. The molecule has 0 saturated heterocycles. The molecule has 3 rings (SSSR count). The van der Waals surface area contributed by atoms with Crippen LogP contribution in [-0.2, 0) is 15.6 Å². The molecule has 1 aromatic carbocycles. The largest absolute Gasteiger partial charge is 0.514 e. The second kappa shape index (κ2) is 8.77. The van der Waals surface area contributed by atoms with E-state index in [-0.39, 0.29) is 23.0 Å². The van der Waals surface area contributed by atoms with Crippen molar-refractivity contribution in [2.24, 2.45) is 10.7 Å². The average Bonchev–Trinajstić information content (AvgIpc) is 2.67. The number of nitrogens with zero attached hydrogens (tertiary/aromatic N) is 3. The maximum atomic E-state index is 14.9. The number of hydrogen-bond donors (Lipinski definition) is 2. The summed E-state index contributed by atoms with van der Waals surface area (Å²) in [5.74, 6) is -4.30. The third kappa shape index (κ3) is 5.30. The number of halogens is 3. The minimum Gasteiger partial charge on any atom is -0.514 e. The zero-order chi connectivity index (χ0) is 25.6. The summed E-state index contributed by atoms with van der Waals surface area (Å²) >= 11 is 5.97. The van der Waals surface area contributed by atoms with Crippen LogP contribution in [0.2, 0.25) is 5.02 Å². The van der Waals surface area contributed by atoms with Gasteiger partial charge in [-0.2, -0.15) is 0 Å². The normalized spacial score (nSPS) is 19.9. The van der Waals surface area contributed by atoms with Crippen LogP contribution in [-0.4, -0.2) is 71.2 Å². The predicted octanol–water partition coefficient (Wildman–Crippen LogP) is 0.566. The molecule has 6 radical (unpaired) electrons. The van der Waals surface area contributed by atoms with E-state index in [4.69, 9.17) is 45.6 Å². The Morgan fingerprint density at radius 2 is 1.97 bits per heavy atom. The number of aromatic nitrogens is 1. The van der Waals surface area contributed by atoms with Crippen molar-refractivity contribution in [3.05, 3.63) is 52.3 Å². The van der Waals surface area contributed by atoms with Gasteiger partial charge in [-0.3, -0.25) is 4.79 Å². The molecule has 1 aliphatic heterocycles. The molecule has 3 N–H and O–H groups in total. The van der Waals surface area contributed by atoms with Crippen LogP contribution in [0.5, 0.6) is 5.75 Å². The van der Waals surface area contributed by atoms with Gasteiger partial charge in [-0.1, -0.05) is 11.6 Å². The molecule has 1 aromatic heterocycles. The van der Waals surface area contributed by atoms with Gasteiger partial charge in [0.25, 0.3) is 5.91 Å². The number of guanidine groups is 1. The summed E-state index contributed by atoms with van der Waals surface area (Å²) in [4.78, 5) is 20.3. The summed E-state index contributed by atoms with van der Waals surface area (Å²) in [7, 11) is 13.1. The van der Waals surface area contributed by atoms with Crippen molar-refractivity contribution in [3.63, 3.8) is 0 Å². The Balaban J connectivity index is 1.96. The van der Waals surface area contributed by atoms with Gasteiger partial charge in [-0.25, -0.2) is 31.5 Å². The van der Waals surface area contributed by atoms with Gasteiger partial charge in [0.15, 0.2) is 11.5 Å². The number of sulfonamides is 1. The smallest absolute Gasteiger partial charge is 0.277 e. The summed E-state index contributed by atoms with van der Waals surface area (Å²) < 4.78 is 59.8. The molecular weight excluding hydrogens is 488 g/mol. The van der Waals surface area contributed by atoms with Crippen molar-refractivity contribution in [1.82, 2.24) is 9.29 Å². The van der Waals surface area contributed by atoms with Crippen molar-refractivity contribution in [2.75, 3.05) is 18.1 Å². The van der Waals surface area contributed by atoms with Crippen LogP contribution in [0.4, 0.5) is 14.5 Å². The molecule has 2 heterocycles. The lowest BCUT2D eigenvalue weighted by Crippen LogP contribution is -2.50. The highest BCUT2D eigenvalue weighted by Gasteiger charge is 2.42. The van der Waals surface area contributed by atoms with Crippen LogP contribution in [0, 0.1) is 11.6 Å². The fourth-order valence-electron chi connectivity index (χ4n) is 3.18. The van der Waals surface area contributed by atoms with E-state index in [0.717, 1.165) is 28.7 Å². The summed E-state index contributed by atoms with van der Waals surface area (Å²) in [5.41, 5.74) is 3.06. The van der Waals surface area contributed by atoms with Crippen molar-refractivity contribution in [2.45, 2.75) is 17.8 Å². The molecule has 34 heavy (non-hydrogen) atoms. The number of carbonyl (C=O) groups is 1. The lowest BCUT2D eigenvalue weighted by atomic mass is 9.52. The van der Waals surface area contributed by atoms with Crippen LogP contribution in [0.1, 0.15) is 23.0 Å². The third-order valence-electron chi connectivity index (χ3n) is 4.76. The molecule has 0 aliphatic carbocycles. The molecule has 9 nitrogen and oxygen atoms in total. The van der Waals surface area contributed by atoms with Gasteiger partial charge in [0.05, 0.1) is 17.0 Å². The topological polar surface area (TPSA) is 127 Å². The number of hydrogen-bond acceptors (Lipinski definition) is 7. The van der Waals surface area contributed by atoms with Crippen LogP contribution in [0.25, 0.3) is 0 Å². The van der Waals surface area contributed by atoms with Gasteiger partial charge < -0.3 is 15.8 Å². The molecule has 172 valence electrons. The Kier molecular flexibility index (Phi) is 6.66. The fourth-order valence-corrected chi connectivity index (χ4v) is 4.85. The molecule has 0 spiro atoms. The number of amides is 1. The van der Waals surface area contributed by atoms with Gasteiger partial charge in [0.1, 0.15) is 40.6 Å². The number of pyridine rings is 1. The van der Waals surface area contributed by atoms with Crippen molar-refractivity contribution in [3.8, 4) is 5.75 Å². The zero-order valence-corrected chi connectivity index (χ0v) is 19.4. The molecule has 0 saturated carbocycles. The number of anilines is 1. The van der Waals surface area contributed by atoms with Crippen LogP contribution in [0.3, 0.4) is 0 Å². The van der Waals surface area contributed by atoms with Crippen LogP contribution < -0.4 is 15.8 Å². The molecule has 1 atom stereocenters. The quantitative estimate of drug-likeness (QED) is 0.575. The molecule has 1 aliphatic rings. The Labute approximate surface area is 203 Å². The van der Waals surface area contributed by atoms with E-state index in [9.17, 15) is 22.0 Å². The monoisotopic (exact) mass is 503 g/mol. The maximum absolute atomic E-state index is 14.9. The predicted molar refractivity (Wildman–Crippen MR) is 125 cm³/mol. The summed E-state index contributed by atoms with van der Waals surface area (Å²) in [6.45, 7) is 1.34. The van der Waals surface area contributed by atoms with Gasteiger partial charge in [0, 0.05) is 24.4 Å². The molecule has 0 bridgehead atoms. The van der Waals surface area contributed by atoms with Gasteiger partial charge in [0.2, 0.25) is 16.0 Å². The Hall–Kier alpha value is -2.80. The van der Waals surface area contributed by atoms with Crippen molar-refractivity contribution in [1.29, 1.82) is 0 Å². The number of nitrogens with two attached hydrogens (primary N) is 1. The lowest BCUT2D eigenvalue weighted by Gasteiger charge is -2.34. The number of ether oxygens (including phenoxy) is 1. The van der Waals surface area contributed by atoms with Gasteiger partial charge >= 0.3 is 0 Å². The first-order valence-electron chi connectivity index (χ1n) is 9.36. The van der Waals surface area contributed by atoms with Crippen LogP contribution in [0.15, 0.2) is 29.4 Å². The minimum atomic E-state index is -3.92. The van der Waals surface area contributed by atoms with Crippen molar-refractivity contribution < 1.29 is 26.7 Å². The summed E-state index contributed by atoms with van der Waals surface area (Å²) in [6.07, 6.45) is 0.963. The highest BCUT2D eigenvalue weighted by atomic mass is 35.5. The summed E-state index contributed by atoms with van der Waals surface area (Å²) in [6, 6.07) is 2.96. The van der Waals surface area contributed by atoms with Gasteiger partial charge in [-0.15, -0.1) is 0 Å². The highest BCUT2D eigenvalue weighted by Crippen LogP contribution is 2.37. The molecular formula is C18H15B3ClF2N5O4S. The van der Waals surface area contributed by atoms with Crippen LogP contribution >= 0.6 is 11.6 Å². The first-order chi connectivity index (χ1) is 15.5. The minimum absolute atomic E-state index is 0.0795. The zero-order valence-electron chi connectivity index (χ0n) is 17.8. The standard InChI is InChI=1S/C18H15B3ClF2N5O4S/c1-17(7-34(31,32)29(2)16(25)28-17)10-3-8(4-11(22)13(10)24)27-15(30)14-12(23)5-9(6-26-14)33-18(19,20)21/h3-6H,7H2,1-2H3,(H2,25,28)(H,27,30)/t17-/m0/s1. The Bertz CT molecular complexity index is 1310.